The highest BCUT2D eigenvalue weighted by molar-refractivity contribution is 5.96. The molecule has 3 aromatic rings. The number of likely N-dealkylation sites (tertiary alicyclic amines) is 1. The van der Waals surface area contributed by atoms with E-state index in [1.807, 2.05) is 4.90 Å². The van der Waals surface area contributed by atoms with Gasteiger partial charge in [-0.3, -0.25) is 9.69 Å². The summed E-state index contributed by atoms with van der Waals surface area (Å²) in [6.07, 6.45) is 2.38. The summed E-state index contributed by atoms with van der Waals surface area (Å²) in [5.41, 5.74) is 3.04. The fourth-order valence-electron chi connectivity index (χ4n) is 5.58. The summed E-state index contributed by atoms with van der Waals surface area (Å²) >= 11 is 0. The molecule has 0 unspecified atom stereocenters. The predicted molar refractivity (Wildman–Crippen MR) is 133 cm³/mol. The molecule has 172 valence electrons. The van der Waals surface area contributed by atoms with Gasteiger partial charge in [0.2, 0.25) is 5.91 Å². The number of carbonyl (C=O) groups is 1. The Bertz CT molecular complexity index is 1190. The van der Waals surface area contributed by atoms with Crippen molar-refractivity contribution in [2.45, 2.75) is 52.0 Å². The van der Waals surface area contributed by atoms with Gasteiger partial charge in [0.1, 0.15) is 5.82 Å². The summed E-state index contributed by atoms with van der Waals surface area (Å²) in [5, 5.41) is 2.54. The topological polar surface area (TPSA) is 23.6 Å². The molecule has 0 saturated carbocycles. The predicted octanol–water partition coefficient (Wildman–Crippen LogP) is 6.30. The summed E-state index contributed by atoms with van der Waals surface area (Å²) < 4.78 is 14.3. The number of halogens is 1. The summed E-state index contributed by atoms with van der Waals surface area (Å²) in [4.78, 5) is 17.6. The van der Waals surface area contributed by atoms with Crippen molar-refractivity contribution in [2.75, 3.05) is 24.5 Å². The number of hydrogen-bond donors (Lipinski definition) is 0. The summed E-state index contributed by atoms with van der Waals surface area (Å²) in [6.45, 7) is 9.76. The first-order chi connectivity index (χ1) is 15.7. The molecule has 2 heterocycles. The Morgan fingerprint density at radius 1 is 0.970 bits per heavy atom. The van der Waals surface area contributed by atoms with Gasteiger partial charge in [-0.2, -0.15) is 0 Å². The molecule has 0 aromatic heterocycles. The third-order valence-corrected chi connectivity index (χ3v) is 7.30. The molecule has 4 heteroatoms. The largest absolute Gasteiger partial charge is 0.311 e. The van der Waals surface area contributed by atoms with E-state index in [-0.39, 0.29) is 22.6 Å². The molecule has 0 N–H and O–H groups in total. The van der Waals surface area contributed by atoms with E-state index in [4.69, 9.17) is 0 Å². The van der Waals surface area contributed by atoms with Gasteiger partial charge in [0.05, 0.1) is 0 Å². The third kappa shape index (κ3) is 4.41. The minimum atomic E-state index is -0.211. The van der Waals surface area contributed by atoms with E-state index in [9.17, 15) is 9.18 Å². The second-order valence-corrected chi connectivity index (χ2v) is 11.1. The van der Waals surface area contributed by atoms with Crippen molar-refractivity contribution in [3.63, 3.8) is 0 Å². The van der Waals surface area contributed by atoms with Gasteiger partial charge in [-0.05, 0) is 77.5 Å². The van der Waals surface area contributed by atoms with Crippen LogP contribution in [-0.2, 0) is 16.8 Å². The van der Waals surface area contributed by atoms with Crippen LogP contribution in [0.15, 0.2) is 60.7 Å². The molecule has 2 aliphatic heterocycles. The molecule has 0 atom stereocenters. The molecule has 1 amide bonds. The van der Waals surface area contributed by atoms with Crippen molar-refractivity contribution < 1.29 is 9.18 Å². The fraction of sp³-hybridized carbons (Fsp3) is 0.414. The second-order valence-electron chi connectivity index (χ2n) is 11.1. The number of benzene rings is 3. The van der Waals surface area contributed by atoms with Crippen molar-refractivity contribution in [2.24, 2.45) is 5.41 Å². The molecule has 0 aliphatic carbocycles. The highest BCUT2D eigenvalue weighted by Gasteiger charge is 2.46. The van der Waals surface area contributed by atoms with Crippen molar-refractivity contribution in [3.8, 4) is 0 Å². The van der Waals surface area contributed by atoms with Crippen LogP contribution in [0, 0.1) is 11.2 Å². The number of nitrogens with zero attached hydrogens (tertiary/aromatic N) is 2. The van der Waals surface area contributed by atoms with Gasteiger partial charge < -0.3 is 4.90 Å². The maximum Gasteiger partial charge on any atom is 0.227 e. The minimum Gasteiger partial charge on any atom is -0.311 e. The smallest absolute Gasteiger partial charge is 0.227 e. The van der Waals surface area contributed by atoms with Crippen LogP contribution in [0.3, 0.4) is 0 Å². The zero-order valence-corrected chi connectivity index (χ0v) is 19.9. The molecule has 1 spiro atoms. The normalized spacial score (nSPS) is 18.1. The van der Waals surface area contributed by atoms with Crippen LogP contribution in [0.4, 0.5) is 10.1 Å². The maximum atomic E-state index is 14.3. The maximum absolute atomic E-state index is 14.3. The van der Waals surface area contributed by atoms with E-state index in [2.05, 4.69) is 68.1 Å². The van der Waals surface area contributed by atoms with E-state index in [0.717, 1.165) is 43.7 Å². The molecule has 33 heavy (non-hydrogen) atoms. The zero-order valence-electron chi connectivity index (χ0n) is 19.9. The van der Waals surface area contributed by atoms with Gasteiger partial charge >= 0.3 is 0 Å². The number of amides is 1. The number of fused-ring (bicyclic) bond motifs is 3. The van der Waals surface area contributed by atoms with Gasteiger partial charge in [-0.15, -0.1) is 0 Å². The number of hydrogen-bond acceptors (Lipinski definition) is 2. The Morgan fingerprint density at radius 2 is 1.70 bits per heavy atom. The van der Waals surface area contributed by atoms with E-state index >= 15 is 0 Å². The Balaban J connectivity index is 1.33. The second kappa shape index (κ2) is 8.25. The van der Waals surface area contributed by atoms with Gasteiger partial charge in [0, 0.05) is 30.6 Å². The molecular weight excluding hydrogens is 411 g/mol. The Kier molecular flexibility index (Phi) is 5.52. The van der Waals surface area contributed by atoms with E-state index in [0.29, 0.717) is 13.0 Å². The van der Waals surface area contributed by atoms with Crippen LogP contribution in [0.2, 0.25) is 0 Å². The highest BCUT2D eigenvalue weighted by atomic mass is 19.1. The Morgan fingerprint density at radius 3 is 2.42 bits per heavy atom. The van der Waals surface area contributed by atoms with Crippen molar-refractivity contribution in [3.05, 3.63) is 77.6 Å². The van der Waals surface area contributed by atoms with Crippen LogP contribution >= 0.6 is 0 Å². The first-order valence-electron chi connectivity index (χ1n) is 12.0. The third-order valence-electron chi connectivity index (χ3n) is 7.30. The zero-order chi connectivity index (χ0) is 23.2. The number of rotatable bonds is 3. The SMILES string of the molecule is CC(C)(C)CC(=O)N1CC2(CCN(Cc3ccc4ccccc4c3)CC2)c2cc(F)ccc21. The van der Waals surface area contributed by atoms with Gasteiger partial charge in [-0.25, -0.2) is 4.39 Å². The Labute approximate surface area is 196 Å². The first-order valence-corrected chi connectivity index (χ1v) is 12.0. The van der Waals surface area contributed by atoms with Crippen LogP contribution in [-0.4, -0.2) is 30.4 Å². The molecule has 5 rings (SSSR count). The van der Waals surface area contributed by atoms with Crippen molar-refractivity contribution in [1.82, 2.24) is 4.90 Å². The van der Waals surface area contributed by atoms with Crippen LogP contribution in [0.25, 0.3) is 10.8 Å². The Hall–Kier alpha value is -2.72. The minimum absolute atomic E-state index is 0.0732. The molecular formula is C29H33FN2O. The van der Waals surface area contributed by atoms with Gasteiger partial charge in [0.25, 0.3) is 0 Å². The monoisotopic (exact) mass is 444 g/mol. The average Bonchev–Trinajstić information content (AvgIpc) is 3.08. The van der Waals surface area contributed by atoms with E-state index in [1.165, 1.54) is 22.4 Å². The number of anilines is 1. The summed E-state index contributed by atoms with van der Waals surface area (Å²) in [5.74, 6) is -0.0670. The standard InChI is InChI=1S/C29H33FN2O/c1-28(2,3)18-27(33)32-20-29(25-17-24(30)10-11-26(25)32)12-14-31(15-13-29)19-21-8-9-22-6-4-5-7-23(22)16-21/h4-11,16-17H,12-15,18-20H2,1-3H3. The average molecular weight is 445 g/mol. The molecule has 0 bridgehead atoms. The quantitative estimate of drug-likeness (QED) is 0.474. The highest BCUT2D eigenvalue weighted by Crippen LogP contribution is 2.48. The van der Waals surface area contributed by atoms with E-state index < -0.39 is 0 Å². The fourth-order valence-corrected chi connectivity index (χ4v) is 5.58. The van der Waals surface area contributed by atoms with Crippen LogP contribution in [0.1, 0.15) is 51.2 Å². The van der Waals surface area contributed by atoms with Crippen molar-refractivity contribution >= 4 is 22.4 Å². The lowest BCUT2D eigenvalue weighted by Crippen LogP contribution is -2.46. The summed E-state index contributed by atoms with van der Waals surface area (Å²) in [7, 11) is 0. The van der Waals surface area contributed by atoms with Gasteiger partial charge in [0.15, 0.2) is 0 Å². The lowest BCUT2D eigenvalue weighted by molar-refractivity contribution is -0.120. The molecule has 0 radical (unpaired) electrons. The van der Waals surface area contributed by atoms with Crippen LogP contribution < -0.4 is 4.90 Å². The molecule has 3 nitrogen and oxygen atoms in total. The van der Waals surface area contributed by atoms with Crippen LogP contribution in [0.5, 0.6) is 0 Å². The van der Waals surface area contributed by atoms with Gasteiger partial charge in [-0.1, -0.05) is 57.2 Å². The summed E-state index contributed by atoms with van der Waals surface area (Å²) in [6, 6.07) is 20.1. The first kappa shape index (κ1) is 22.1. The number of carbonyl (C=O) groups excluding carboxylic acids is 1. The van der Waals surface area contributed by atoms with Crippen molar-refractivity contribution in [1.29, 1.82) is 0 Å². The number of piperidine rings is 1. The lowest BCUT2D eigenvalue weighted by atomic mass is 9.74. The van der Waals surface area contributed by atoms with E-state index in [1.54, 1.807) is 12.1 Å². The lowest BCUT2D eigenvalue weighted by Gasteiger charge is -2.40. The molecule has 2 aliphatic rings. The molecule has 1 saturated heterocycles. The molecule has 3 aromatic carbocycles. The molecule has 1 fully saturated rings.